The maximum absolute atomic E-state index is 13.2. The molecule has 0 radical (unpaired) electrons. The lowest BCUT2D eigenvalue weighted by Crippen LogP contribution is -2.58. The molecule has 1 saturated heterocycles. The normalized spacial score (nSPS) is 16.0. The lowest BCUT2D eigenvalue weighted by atomic mass is 10.1. The molecule has 2 amide bonds. The molecule has 1 aliphatic rings. The minimum Gasteiger partial charge on any atom is -0.495 e. The molecule has 3 rings (SSSR count). The van der Waals surface area contributed by atoms with Gasteiger partial charge in [0.2, 0.25) is 15.9 Å². The van der Waals surface area contributed by atoms with Gasteiger partial charge in [0.1, 0.15) is 10.6 Å². The highest BCUT2D eigenvalue weighted by molar-refractivity contribution is 7.89. The Labute approximate surface area is 181 Å². The van der Waals surface area contributed by atoms with E-state index in [0.29, 0.717) is 37.3 Å². The summed E-state index contributed by atoms with van der Waals surface area (Å²) in [5.41, 5.74) is 6.61. The number of piperazine rings is 1. The van der Waals surface area contributed by atoms with Crippen LogP contribution in [0.1, 0.15) is 0 Å². The van der Waals surface area contributed by atoms with Crippen molar-refractivity contribution < 1.29 is 22.7 Å². The van der Waals surface area contributed by atoms with E-state index in [-0.39, 0.29) is 10.6 Å². The first-order valence-electron chi connectivity index (χ1n) is 9.61. The van der Waals surface area contributed by atoms with Crippen molar-refractivity contribution in [3.05, 3.63) is 42.7 Å². The van der Waals surface area contributed by atoms with E-state index in [1.165, 1.54) is 18.1 Å². The molecule has 0 aliphatic carbocycles. The number of aromatic nitrogens is 1. The van der Waals surface area contributed by atoms with Gasteiger partial charge in [-0.2, -0.15) is 4.72 Å². The average Bonchev–Trinajstić information content (AvgIpc) is 2.77. The smallest absolute Gasteiger partial charge is 0.250 e. The Morgan fingerprint density at radius 3 is 2.35 bits per heavy atom. The van der Waals surface area contributed by atoms with Crippen LogP contribution in [0.5, 0.6) is 5.75 Å². The maximum Gasteiger partial charge on any atom is 0.250 e. The number of pyridine rings is 1. The third kappa shape index (κ3) is 5.01. The summed E-state index contributed by atoms with van der Waals surface area (Å²) < 4.78 is 33.9. The number of methoxy groups -OCH3 is 1. The number of hydrogen-bond acceptors (Lipinski definition) is 7. The van der Waals surface area contributed by atoms with E-state index < -0.39 is 27.9 Å². The van der Waals surface area contributed by atoms with Gasteiger partial charge in [-0.05, 0) is 30.8 Å². The number of nitrogens with one attached hydrogen (secondary N) is 1. The molecule has 0 bridgehead atoms. The predicted molar refractivity (Wildman–Crippen MR) is 114 cm³/mol. The summed E-state index contributed by atoms with van der Waals surface area (Å²) in [6, 6.07) is 6.30. The van der Waals surface area contributed by atoms with Gasteiger partial charge in [0.15, 0.2) is 6.04 Å². The van der Waals surface area contributed by atoms with Crippen LogP contribution in [0.2, 0.25) is 0 Å². The van der Waals surface area contributed by atoms with Crippen LogP contribution in [0.15, 0.2) is 47.6 Å². The maximum atomic E-state index is 13.2. The second-order valence-corrected chi connectivity index (χ2v) is 8.84. The van der Waals surface area contributed by atoms with Crippen LogP contribution >= 0.6 is 0 Å². The molecule has 0 spiro atoms. The van der Waals surface area contributed by atoms with Gasteiger partial charge in [-0.15, -0.1) is 0 Å². The number of amides is 2. The van der Waals surface area contributed by atoms with Crippen molar-refractivity contribution in [3.8, 4) is 16.9 Å². The molecule has 1 atom stereocenters. The molecular weight excluding hydrogens is 422 g/mol. The summed E-state index contributed by atoms with van der Waals surface area (Å²) in [7, 11) is -1.06. The molecule has 1 aliphatic heterocycles. The van der Waals surface area contributed by atoms with Gasteiger partial charge in [0, 0.05) is 44.1 Å². The summed E-state index contributed by atoms with van der Waals surface area (Å²) in [4.78, 5) is 32.1. The highest BCUT2D eigenvalue weighted by Gasteiger charge is 2.35. The minimum absolute atomic E-state index is 0.0801. The Hall–Kier alpha value is -3.02. The third-order valence-corrected chi connectivity index (χ3v) is 6.53. The molecule has 166 valence electrons. The molecular formula is C20H25N5O5S. The van der Waals surface area contributed by atoms with Crippen LogP contribution < -0.4 is 15.2 Å². The molecule has 11 heteroatoms. The number of para-hydroxylation sites is 1. The Morgan fingerprint density at radius 2 is 1.77 bits per heavy atom. The first-order chi connectivity index (χ1) is 14.7. The number of carbonyl (C=O) groups excluding carboxylic acids is 2. The minimum atomic E-state index is -4.32. The molecule has 3 N–H and O–H groups in total. The number of carbonyl (C=O) groups is 2. The molecule has 10 nitrogen and oxygen atoms in total. The van der Waals surface area contributed by atoms with Crippen molar-refractivity contribution in [2.45, 2.75) is 10.9 Å². The fourth-order valence-corrected chi connectivity index (χ4v) is 4.70. The average molecular weight is 448 g/mol. The topological polar surface area (TPSA) is 135 Å². The first kappa shape index (κ1) is 22.7. The Kier molecular flexibility index (Phi) is 6.88. The van der Waals surface area contributed by atoms with Gasteiger partial charge in [-0.25, -0.2) is 8.42 Å². The van der Waals surface area contributed by atoms with E-state index in [0.717, 1.165) is 0 Å². The van der Waals surface area contributed by atoms with Crippen molar-refractivity contribution in [2.75, 3.05) is 40.3 Å². The van der Waals surface area contributed by atoms with Crippen molar-refractivity contribution in [3.63, 3.8) is 0 Å². The second-order valence-electron chi connectivity index (χ2n) is 7.16. The number of rotatable bonds is 7. The Morgan fingerprint density at radius 1 is 1.13 bits per heavy atom. The van der Waals surface area contributed by atoms with Crippen LogP contribution in [0, 0.1) is 0 Å². The van der Waals surface area contributed by atoms with E-state index in [2.05, 4.69) is 9.71 Å². The van der Waals surface area contributed by atoms with Crippen molar-refractivity contribution >= 4 is 21.8 Å². The molecule has 31 heavy (non-hydrogen) atoms. The van der Waals surface area contributed by atoms with Gasteiger partial charge < -0.3 is 20.3 Å². The Bertz CT molecular complexity index is 1050. The van der Waals surface area contributed by atoms with Crippen LogP contribution in [0.3, 0.4) is 0 Å². The van der Waals surface area contributed by atoms with Gasteiger partial charge in [-0.3, -0.25) is 14.6 Å². The summed E-state index contributed by atoms with van der Waals surface area (Å²) in [5, 5.41) is 0. The molecule has 2 aromatic rings. The monoisotopic (exact) mass is 447 g/mol. The van der Waals surface area contributed by atoms with Gasteiger partial charge >= 0.3 is 0 Å². The number of nitrogens with two attached hydrogens (primary N) is 1. The molecule has 0 saturated carbocycles. The largest absolute Gasteiger partial charge is 0.495 e. The summed E-state index contributed by atoms with van der Waals surface area (Å²) in [6.45, 7) is 1.99. The zero-order valence-corrected chi connectivity index (χ0v) is 18.1. The summed E-state index contributed by atoms with van der Waals surface area (Å²) in [6.07, 6.45) is 3.15. The highest BCUT2D eigenvalue weighted by atomic mass is 32.2. The number of likely N-dealkylation sites (N-methyl/N-ethyl adjacent to an activating group) is 1. The van der Waals surface area contributed by atoms with Crippen LogP contribution in [0.4, 0.5) is 0 Å². The fourth-order valence-electron chi connectivity index (χ4n) is 3.36. The standard InChI is InChI=1S/C20H25N5O5S/c1-24-10-12-25(13-11-24)20(27)17(19(21)26)23-31(28,29)16-5-3-4-15(18(16)30-2)14-6-8-22-9-7-14/h3-9,17,23H,10-13H2,1-2H3,(H2,21,26)/t17-/m0/s1. The highest BCUT2D eigenvalue weighted by Crippen LogP contribution is 2.35. The molecule has 1 aromatic heterocycles. The van der Waals surface area contributed by atoms with Crippen molar-refractivity contribution in [2.24, 2.45) is 5.73 Å². The summed E-state index contributed by atoms with van der Waals surface area (Å²) in [5.74, 6) is -1.67. The lowest BCUT2D eigenvalue weighted by Gasteiger charge is -2.34. The summed E-state index contributed by atoms with van der Waals surface area (Å²) >= 11 is 0. The molecule has 2 heterocycles. The predicted octanol–water partition coefficient (Wildman–Crippen LogP) is -0.337. The van der Waals surface area contributed by atoms with Crippen molar-refractivity contribution in [1.29, 1.82) is 0 Å². The van der Waals surface area contributed by atoms with Crippen LogP contribution in [-0.4, -0.2) is 81.4 Å². The second kappa shape index (κ2) is 9.41. The van der Waals surface area contributed by atoms with Gasteiger partial charge in [-0.1, -0.05) is 12.1 Å². The number of benzene rings is 1. The van der Waals surface area contributed by atoms with E-state index in [1.54, 1.807) is 36.7 Å². The number of hydrogen-bond donors (Lipinski definition) is 2. The van der Waals surface area contributed by atoms with Gasteiger partial charge in [0.05, 0.1) is 7.11 Å². The van der Waals surface area contributed by atoms with Gasteiger partial charge in [0.25, 0.3) is 5.91 Å². The number of ether oxygens (including phenoxy) is 1. The number of nitrogens with zero attached hydrogens (tertiary/aromatic N) is 3. The first-order valence-corrected chi connectivity index (χ1v) is 11.1. The van der Waals surface area contributed by atoms with E-state index in [1.807, 2.05) is 11.9 Å². The molecule has 0 unspecified atom stereocenters. The van der Waals surface area contributed by atoms with E-state index >= 15 is 0 Å². The van der Waals surface area contributed by atoms with E-state index in [4.69, 9.17) is 10.5 Å². The van der Waals surface area contributed by atoms with Crippen molar-refractivity contribution in [1.82, 2.24) is 19.5 Å². The third-order valence-electron chi connectivity index (χ3n) is 5.08. The number of primary amides is 1. The zero-order chi connectivity index (χ0) is 22.6. The van der Waals surface area contributed by atoms with E-state index in [9.17, 15) is 18.0 Å². The fraction of sp³-hybridized carbons (Fsp3) is 0.350. The quantitative estimate of drug-likeness (QED) is 0.555. The SMILES string of the molecule is COc1c(-c2ccncc2)cccc1S(=O)(=O)N[C@@H](C(N)=O)C(=O)N1CCN(C)CC1. The number of sulfonamides is 1. The van der Waals surface area contributed by atoms with Crippen LogP contribution in [-0.2, 0) is 19.6 Å². The molecule has 1 aromatic carbocycles. The lowest BCUT2D eigenvalue weighted by molar-refractivity contribution is -0.138. The zero-order valence-electron chi connectivity index (χ0n) is 17.3. The van der Waals surface area contributed by atoms with Crippen LogP contribution in [0.25, 0.3) is 11.1 Å². The molecule has 1 fully saturated rings. The Balaban J connectivity index is 1.93.